The van der Waals surface area contributed by atoms with E-state index in [0.29, 0.717) is 10.8 Å². The average molecular weight is 449 g/mol. The fourth-order valence-electron chi connectivity index (χ4n) is 4.65. The smallest absolute Gasteiger partial charge is 0.223 e. The van der Waals surface area contributed by atoms with Crippen LogP contribution in [0.25, 0.3) is 0 Å². The van der Waals surface area contributed by atoms with Crippen molar-refractivity contribution in [1.82, 2.24) is 9.80 Å². The predicted molar refractivity (Wildman–Crippen MR) is 123 cm³/mol. The zero-order valence-corrected chi connectivity index (χ0v) is 19.9. The number of thiophene rings is 1. The van der Waals surface area contributed by atoms with Crippen LogP contribution in [-0.4, -0.2) is 72.2 Å². The van der Waals surface area contributed by atoms with Crippen molar-refractivity contribution < 1.29 is 19.1 Å². The second-order valence-electron chi connectivity index (χ2n) is 9.17. The molecule has 7 heteroatoms. The van der Waals surface area contributed by atoms with Crippen LogP contribution in [0.2, 0.25) is 0 Å². The minimum absolute atomic E-state index is 0.000390. The number of carbonyl (C=O) groups is 3. The maximum atomic E-state index is 12.5. The van der Waals surface area contributed by atoms with Gasteiger partial charge in [0, 0.05) is 63.3 Å². The van der Waals surface area contributed by atoms with Gasteiger partial charge in [0.25, 0.3) is 0 Å². The fourth-order valence-corrected chi connectivity index (χ4v) is 5.49. The Hall–Kier alpha value is -1.57. The molecule has 3 heterocycles. The van der Waals surface area contributed by atoms with E-state index in [-0.39, 0.29) is 55.4 Å². The Morgan fingerprint density at radius 3 is 2.26 bits per heavy atom. The molecule has 2 atom stereocenters. The van der Waals surface area contributed by atoms with Crippen molar-refractivity contribution in [2.24, 2.45) is 5.92 Å². The van der Waals surface area contributed by atoms with Crippen molar-refractivity contribution >= 4 is 28.8 Å². The lowest BCUT2D eigenvalue weighted by Crippen LogP contribution is -2.48. The molecule has 0 bridgehead atoms. The van der Waals surface area contributed by atoms with E-state index < -0.39 is 0 Å². The van der Waals surface area contributed by atoms with Gasteiger partial charge in [0.15, 0.2) is 5.78 Å². The summed E-state index contributed by atoms with van der Waals surface area (Å²) in [5, 5.41) is 0. The first kappa shape index (κ1) is 24.1. The van der Waals surface area contributed by atoms with E-state index in [1.807, 2.05) is 24.0 Å². The van der Waals surface area contributed by atoms with Crippen LogP contribution in [-0.2, 0) is 14.3 Å². The minimum Gasteiger partial charge on any atom is -0.373 e. The van der Waals surface area contributed by atoms with Gasteiger partial charge < -0.3 is 9.64 Å². The highest BCUT2D eigenvalue weighted by atomic mass is 32.1. The second-order valence-corrected chi connectivity index (χ2v) is 10.5. The Labute approximate surface area is 189 Å². The number of likely N-dealkylation sites (tertiary alicyclic amines) is 1. The molecule has 172 valence electrons. The summed E-state index contributed by atoms with van der Waals surface area (Å²) in [5.74, 6) is 0.708. The van der Waals surface area contributed by atoms with Crippen LogP contribution in [0.5, 0.6) is 0 Å². The van der Waals surface area contributed by atoms with Gasteiger partial charge in [-0.05, 0) is 51.7 Å². The number of amides is 1. The molecular formula is C24H36N2O4S. The Morgan fingerprint density at radius 1 is 1.00 bits per heavy atom. The molecule has 0 spiro atoms. The van der Waals surface area contributed by atoms with Gasteiger partial charge >= 0.3 is 0 Å². The number of hydrogen-bond donors (Lipinski definition) is 0. The topological polar surface area (TPSA) is 66.9 Å². The lowest BCUT2D eigenvalue weighted by Gasteiger charge is -2.39. The number of nitrogens with zero attached hydrogens (tertiary/aromatic N) is 2. The SMILES string of the molecule is Cc1ccc(C(=O)CCC(=O)CCC(=O)N2CCC(CN3CC(C)OC(C)C3)CC2)s1. The molecule has 2 unspecified atom stereocenters. The zero-order chi connectivity index (χ0) is 22.4. The summed E-state index contributed by atoms with van der Waals surface area (Å²) in [6, 6.07) is 3.74. The molecule has 1 aromatic heterocycles. The van der Waals surface area contributed by atoms with Crippen LogP contribution in [0.1, 0.15) is 66.9 Å². The van der Waals surface area contributed by atoms with E-state index in [0.717, 1.165) is 50.4 Å². The second kappa shape index (κ2) is 11.3. The molecular weight excluding hydrogens is 412 g/mol. The first-order valence-electron chi connectivity index (χ1n) is 11.6. The van der Waals surface area contributed by atoms with Crippen LogP contribution in [0, 0.1) is 12.8 Å². The van der Waals surface area contributed by atoms with Gasteiger partial charge in [-0.3, -0.25) is 19.3 Å². The molecule has 2 fully saturated rings. The summed E-state index contributed by atoms with van der Waals surface area (Å²) < 4.78 is 5.81. The van der Waals surface area contributed by atoms with E-state index in [9.17, 15) is 14.4 Å². The Morgan fingerprint density at radius 2 is 1.65 bits per heavy atom. The van der Waals surface area contributed by atoms with E-state index in [1.54, 1.807) is 0 Å². The summed E-state index contributed by atoms with van der Waals surface area (Å²) in [6.07, 6.45) is 3.56. The highest BCUT2D eigenvalue weighted by Crippen LogP contribution is 2.22. The summed E-state index contributed by atoms with van der Waals surface area (Å²) in [4.78, 5) is 43.0. The van der Waals surface area contributed by atoms with Crippen molar-refractivity contribution in [3.63, 3.8) is 0 Å². The van der Waals surface area contributed by atoms with Crippen molar-refractivity contribution in [2.75, 3.05) is 32.7 Å². The Kier molecular flexibility index (Phi) is 8.81. The van der Waals surface area contributed by atoms with Gasteiger partial charge in [0.1, 0.15) is 5.78 Å². The highest BCUT2D eigenvalue weighted by Gasteiger charge is 2.28. The van der Waals surface area contributed by atoms with Crippen LogP contribution >= 0.6 is 11.3 Å². The van der Waals surface area contributed by atoms with Gasteiger partial charge in [-0.2, -0.15) is 0 Å². The number of ether oxygens (including phenoxy) is 1. The van der Waals surface area contributed by atoms with Crippen LogP contribution in [0.4, 0.5) is 0 Å². The number of aryl methyl sites for hydroxylation is 1. The van der Waals surface area contributed by atoms with E-state index in [4.69, 9.17) is 4.74 Å². The monoisotopic (exact) mass is 448 g/mol. The third kappa shape index (κ3) is 7.51. The Balaban J connectivity index is 1.31. The number of Topliss-reactive ketones (excluding diaryl/α,β-unsaturated/α-hetero) is 2. The number of ketones is 2. The van der Waals surface area contributed by atoms with Crippen molar-refractivity contribution in [1.29, 1.82) is 0 Å². The average Bonchev–Trinajstić information content (AvgIpc) is 3.16. The summed E-state index contributed by atoms with van der Waals surface area (Å²) in [6.45, 7) is 10.8. The molecule has 0 aliphatic carbocycles. The lowest BCUT2D eigenvalue weighted by atomic mass is 9.95. The number of morpholine rings is 1. The van der Waals surface area contributed by atoms with Crippen LogP contribution in [0.3, 0.4) is 0 Å². The highest BCUT2D eigenvalue weighted by molar-refractivity contribution is 7.14. The maximum Gasteiger partial charge on any atom is 0.223 e. The molecule has 1 amide bonds. The van der Waals surface area contributed by atoms with Gasteiger partial charge in [0.2, 0.25) is 5.91 Å². The first-order valence-corrected chi connectivity index (χ1v) is 12.4. The van der Waals surface area contributed by atoms with Crippen molar-refractivity contribution in [3.05, 3.63) is 21.9 Å². The van der Waals surface area contributed by atoms with E-state index in [2.05, 4.69) is 18.7 Å². The molecule has 2 aliphatic heterocycles. The molecule has 2 aliphatic rings. The van der Waals surface area contributed by atoms with Gasteiger partial charge in [-0.1, -0.05) is 0 Å². The summed E-state index contributed by atoms with van der Waals surface area (Å²) in [5.41, 5.74) is 0. The maximum absolute atomic E-state index is 12.5. The summed E-state index contributed by atoms with van der Waals surface area (Å²) >= 11 is 1.46. The molecule has 6 nitrogen and oxygen atoms in total. The molecule has 1 aromatic rings. The molecule has 31 heavy (non-hydrogen) atoms. The van der Waals surface area contributed by atoms with Gasteiger partial charge in [-0.15, -0.1) is 11.3 Å². The lowest BCUT2D eigenvalue weighted by molar-refractivity contribution is -0.134. The molecule has 0 aromatic carbocycles. The molecule has 3 rings (SSSR count). The van der Waals surface area contributed by atoms with Crippen molar-refractivity contribution in [2.45, 2.75) is 71.5 Å². The molecule has 0 N–H and O–H groups in total. The fraction of sp³-hybridized carbons (Fsp3) is 0.708. The van der Waals surface area contributed by atoms with Gasteiger partial charge in [0.05, 0.1) is 17.1 Å². The molecule has 0 radical (unpaired) electrons. The van der Waals surface area contributed by atoms with E-state index in [1.165, 1.54) is 11.3 Å². The number of rotatable bonds is 9. The third-order valence-electron chi connectivity index (χ3n) is 6.24. The quantitative estimate of drug-likeness (QED) is 0.539. The molecule has 0 saturated carbocycles. The normalized spacial score (nSPS) is 23.1. The number of piperidine rings is 1. The zero-order valence-electron chi connectivity index (χ0n) is 19.1. The standard InChI is InChI=1S/C24H36N2O4S/c1-17-14-25(15-18(2)30-17)16-20-10-12-26(13-11-20)24(29)9-6-21(27)5-7-22(28)23-8-4-19(3)31-23/h4,8,17-18,20H,5-7,9-16H2,1-3H3. The summed E-state index contributed by atoms with van der Waals surface area (Å²) in [7, 11) is 0. The first-order chi connectivity index (χ1) is 14.8. The largest absolute Gasteiger partial charge is 0.373 e. The van der Waals surface area contributed by atoms with E-state index >= 15 is 0 Å². The third-order valence-corrected chi connectivity index (χ3v) is 7.28. The van der Waals surface area contributed by atoms with Crippen molar-refractivity contribution in [3.8, 4) is 0 Å². The van der Waals surface area contributed by atoms with Gasteiger partial charge in [-0.25, -0.2) is 0 Å². The number of hydrogen-bond acceptors (Lipinski definition) is 6. The van der Waals surface area contributed by atoms with Crippen LogP contribution < -0.4 is 0 Å². The van der Waals surface area contributed by atoms with Crippen LogP contribution in [0.15, 0.2) is 12.1 Å². The predicted octanol–water partition coefficient (Wildman–Crippen LogP) is 3.72. The minimum atomic E-state index is 0.000390. The molecule has 2 saturated heterocycles. The number of carbonyl (C=O) groups excluding carboxylic acids is 3. The Bertz CT molecular complexity index is 759.